The number of rotatable bonds is 8. The van der Waals surface area contributed by atoms with Crippen molar-refractivity contribution in [2.24, 2.45) is 0 Å². The Morgan fingerprint density at radius 2 is 1.63 bits per heavy atom. The molecule has 0 aliphatic rings. The average molecular weight is 414 g/mol. The minimum absolute atomic E-state index is 0.149. The minimum Gasteiger partial charge on any atom is -0.457 e. The lowest BCUT2D eigenvalue weighted by atomic mass is 10.1. The van der Waals surface area contributed by atoms with Gasteiger partial charge >= 0.3 is 0 Å². The predicted molar refractivity (Wildman–Crippen MR) is 119 cm³/mol. The first kappa shape index (κ1) is 23.6. The number of aromatic nitrogens is 1. The molecule has 0 spiro atoms. The summed E-state index contributed by atoms with van der Waals surface area (Å²) < 4.78 is 18.1. The molecule has 0 radical (unpaired) electrons. The van der Waals surface area contributed by atoms with E-state index in [1.54, 1.807) is 10.6 Å². The summed E-state index contributed by atoms with van der Waals surface area (Å²) in [6.07, 6.45) is -0.178. The number of pyridine rings is 1. The molecule has 1 atom stereocenters. The van der Waals surface area contributed by atoms with E-state index in [0.717, 1.165) is 5.39 Å². The Hall–Kier alpha value is -2.67. The molecule has 0 bridgehead atoms. The highest BCUT2D eigenvalue weighted by atomic mass is 16.7. The van der Waals surface area contributed by atoms with Gasteiger partial charge in [-0.3, -0.25) is 4.79 Å². The summed E-state index contributed by atoms with van der Waals surface area (Å²) in [6.45, 7) is 5.78. The van der Waals surface area contributed by atoms with E-state index < -0.39 is 6.29 Å². The quantitative estimate of drug-likeness (QED) is 0.523. The highest BCUT2D eigenvalue weighted by Crippen LogP contribution is 2.29. The Labute approximate surface area is 177 Å². The summed E-state index contributed by atoms with van der Waals surface area (Å²) in [5.74, 6) is 1.32. The van der Waals surface area contributed by atoms with Gasteiger partial charge in [0.25, 0.3) is 5.56 Å². The Balaban J connectivity index is 0.00000155. The van der Waals surface area contributed by atoms with Crippen LogP contribution in [-0.2, 0) is 9.47 Å². The molecule has 30 heavy (non-hydrogen) atoms. The number of benzene rings is 2. The van der Waals surface area contributed by atoms with E-state index in [1.165, 1.54) is 14.2 Å². The number of methoxy groups -OCH3 is 2. The van der Waals surface area contributed by atoms with Gasteiger partial charge in [0.1, 0.15) is 11.5 Å². The van der Waals surface area contributed by atoms with Gasteiger partial charge < -0.3 is 23.9 Å². The Morgan fingerprint density at radius 1 is 0.967 bits per heavy atom. The predicted octanol–water partition coefficient (Wildman–Crippen LogP) is 5.05. The summed E-state index contributed by atoms with van der Waals surface area (Å²) in [5, 5.41) is 10.7. The maximum absolute atomic E-state index is 13.2. The van der Waals surface area contributed by atoms with Gasteiger partial charge in [-0.25, -0.2) is 0 Å². The van der Waals surface area contributed by atoms with E-state index in [0.29, 0.717) is 29.0 Å². The molecule has 0 aliphatic heterocycles. The molecular weight excluding hydrogens is 382 g/mol. The lowest BCUT2D eigenvalue weighted by molar-refractivity contribution is -0.107. The number of aliphatic hydroxyl groups excluding tert-OH is 1. The van der Waals surface area contributed by atoms with Gasteiger partial charge in [0.05, 0.1) is 23.7 Å². The second kappa shape index (κ2) is 11.5. The maximum Gasteiger partial charge on any atom is 0.259 e. The van der Waals surface area contributed by atoms with Crippen LogP contribution in [0.4, 0.5) is 0 Å². The molecule has 6 nitrogen and oxygen atoms in total. The summed E-state index contributed by atoms with van der Waals surface area (Å²) in [5.41, 5.74) is 0.828. The Bertz CT molecular complexity index is 976. The molecular formula is C24H31NO5. The van der Waals surface area contributed by atoms with Crippen LogP contribution in [0.25, 0.3) is 10.9 Å². The molecule has 0 saturated carbocycles. The van der Waals surface area contributed by atoms with Crippen LogP contribution in [0.1, 0.15) is 45.1 Å². The summed E-state index contributed by atoms with van der Waals surface area (Å²) in [7, 11) is 2.98. The lowest BCUT2D eigenvalue weighted by Crippen LogP contribution is -2.31. The normalized spacial score (nSPS) is 11.8. The van der Waals surface area contributed by atoms with Gasteiger partial charge in [-0.05, 0) is 42.1 Å². The molecule has 0 aliphatic carbocycles. The van der Waals surface area contributed by atoms with Crippen molar-refractivity contribution >= 4 is 10.9 Å². The summed E-state index contributed by atoms with van der Waals surface area (Å²) in [4.78, 5) is 13.2. The van der Waals surface area contributed by atoms with Crippen LogP contribution >= 0.6 is 0 Å². The molecule has 3 rings (SSSR count). The number of fused-ring (bicyclic) bond motifs is 1. The highest BCUT2D eigenvalue weighted by Gasteiger charge is 2.21. The van der Waals surface area contributed by atoms with E-state index in [1.807, 2.05) is 69.3 Å². The van der Waals surface area contributed by atoms with Gasteiger partial charge in [-0.1, -0.05) is 39.0 Å². The third-order valence-electron chi connectivity index (χ3n) is 4.75. The molecule has 3 aromatic rings. The van der Waals surface area contributed by atoms with Crippen LogP contribution in [0.15, 0.2) is 59.4 Å². The summed E-state index contributed by atoms with van der Waals surface area (Å²) >= 11 is 0. The molecule has 1 heterocycles. The monoisotopic (exact) mass is 413 g/mol. The van der Waals surface area contributed by atoms with Gasteiger partial charge in [0.2, 0.25) is 0 Å². The molecule has 1 aromatic heterocycles. The number of para-hydroxylation sites is 1. The smallest absolute Gasteiger partial charge is 0.259 e. The van der Waals surface area contributed by atoms with E-state index in [-0.39, 0.29) is 18.2 Å². The molecule has 0 fully saturated rings. The largest absolute Gasteiger partial charge is 0.457 e. The van der Waals surface area contributed by atoms with Crippen molar-refractivity contribution in [1.82, 2.24) is 4.57 Å². The second-order valence-electron chi connectivity index (χ2n) is 6.46. The van der Waals surface area contributed by atoms with Crippen LogP contribution < -0.4 is 10.3 Å². The molecule has 162 valence electrons. The fourth-order valence-electron chi connectivity index (χ4n) is 3.29. The van der Waals surface area contributed by atoms with Gasteiger partial charge in [-0.15, -0.1) is 0 Å². The molecule has 2 aromatic carbocycles. The molecule has 1 unspecified atom stereocenters. The topological polar surface area (TPSA) is 69.9 Å². The molecule has 1 N–H and O–H groups in total. The molecule has 6 heteroatoms. The zero-order valence-corrected chi connectivity index (χ0v) is 18.3. The Morgan fingerprint density at radius 3 is 2.20 bits per heavy atom. The average Bonchev–Trinajstić information content (AvgIpc) is 2.79. The maximum atomic E-state index is 13.2. The van der Waals surface area contributed by atoms with E-state index >= 15 is 0 Å². The van der Waals surface area contributed by atoms with E-state index in [9.17, 15) is 9.90 Å². The number of hydrogen-bond donors (Lipinski definition) is 1. The van der Waals surface area contributed by atoms with Crippen molar-refractivity contribution in [2.45, 2.75) is 39.5 Å². The highest BCUT2D eigenvalue weighted by molar-refractivity contribution is 5.81. The molecule has 0 amide bonds. The number of hydrogen-bond acceptors (Lipinski definition) is 5. The first-order valence-electron chi connectivity index (χ1n) is 10.2. The third kappa shape index (κ3) is 5.08. The molecule has 0 saturated heterocycles. The number of nitrogens with zero attached hydrogens (tertiary/aromatic N) is 1. The SMILES string of the molecule is CC.CCC(CO)n1c(=O)c(C(OC)OC)cc2ccc(Oc3ccccc3)cc21. The second-order valence-corrected chi connectivity index (χ2v) is 6.46. The van der Waals surface area contributed by atoms with Crippen LogP contribution in [0, 0.1) is 0 Å². The zero-order chi connectivity index (χ0) is 22.1. The van der Waals surface area contributed by atoms with Crippen molar-refractivity contribution in [3.63, 3.8) is 0 Å². The van der Waals surface area contributed by atoms with Crippen molar-refractivity contribution in [3.05, 3.63) is 70.5 Å². The standard InChI is InChI=1S/C22H25NO5.C2H6/c1-4-16(14-24)23-20-13-18(28-17-8-6-5-7-9-17)11-10-15(20)12-19(21(23)25)22(26-2)27-3;1-2/h5-13,16,22,24H,4,14H2,1-3H3;1-2H3. The van der Waals surface area contributed by atoms with Crippen molar-refractivity contribution in [3.8, 4) is 11.5 Å². The zero-order valence-electron chi connectivity index (χ0n) is 18.3. The fourth-order valence-corrected chi connectivity index (χ4v) is 3.29. The minimum atomic E-state index is -0.778. The summed E-state index contributed by atoms with van der Waals surface area (Å²) in [6, 6.07) is 16.4. The first-order valence-corrected chi connectivity index (χ1v) is 10.2. The first-order chi connectivity index (χ1) is 14.6. The van der Waals surface area contributed by atoms with Gasteiger partial charge in [-0.2, -0.15) is 0 Å². The number of ether oxygens (including phenoxy) is 3. The van der Waals surface area contributed by atoms with Gasteiger partial charge in [0, 0.05) is 20.3 Å². The van der Waals surface area contributed by atoms with Crippen molar-refractivity contribution in [1.29, 1.82) is 0 Å². The van der Waals surface area contributed by atoms with Crippen LogP contribution in [0.3, 0.4) is 0 Å². The fraction of sp³-hybridized carbons (Fsp3) is 0.375. The van der Waals surface area contributed by atoms with Crippen LogP contribution in [-0.4, -0.2) is 30.5 Å². The van der Waals surface area contributed by atoms with Crippen LogP contribution in [0.5, 0.6) is 11.5 Å². The van der Waals surface area contributed by atoms with E-state index in [4.69, 9.17) is 14.2 Å². The van der Waals surface area contributed by atoms with Crippen LogP contribution in [0.2, 0.25) is 0 Å². The number of aliphatic hydroxyl groups is 1. The van der Waals surface area contributed by atoms with Crippen molar-refractivity contribution in [2.75, 3.05) is 20.8 Å². The van der Waals surface area contributed by atoms with Crippen molar-refractivity contribution < 1.29 is 19.3 Å². The Kier molecular flexibility index (Phi) is 9.05. The van der Waals surface area contributed by atoms with E-state index in [2.05, 4.69) is 0 Å². The lowest BCUT2D eigenvalue weighted by Gasteiger charge is -2.22. The van der Waals surface area contributed by atoms with Gasteiger partial charge in [0.15, 0.2) is 6.29 Å². The third-order valence-corrected chi connectivity index (χ3v) is 4.75.